The Bertz CT molecular complexity index is 390. The molecule has 1 aliphatic heterocycles. The molecule has 1 amide bonds. The summed E-state index contributed by atoms with van der Waals surface area (Å²) in [5, 5.41) is 3.15. The van der Waals surface area contributed by atoms with Gasteiger partial charge in [0.1, 0.15) is 0 Å². The standard InChI is InChI=1S/C12H17BrN2O2/c1-14-8-9-4-2-3-6-15(9)12(16)10-5-7-17-11(10)13/h5,7,9,14H,2-4,6,8H2,1H3. The van der Waals surface area contributed by atoms with E-state index < -0.39 is 0 Å². The lowest BCUT2D eigenvalue weighted by Gasteiger charge is -2.35. The fourth-order valence-electron chi connectivity index (χ4n) is 2.32. The summed E-state index contributed by atoms with van der Waals surface area (Å²) in [7, 11) is 1.92. The molecule has 1 aliphatic rings. The van der Waals surface area contributed by atoms with Crippen LogP contribution in [0.2, 0.25) is 0 Å². The summed E-state index contributed by atoms with van der Waals surface area (Å²) < 4.78 is 5.65. The normalized spacial score (nSPS) is 20.6. The van der Waals surface area contributed by atoms with Gasteiger partial charge in [-0.15, -0.1) is 0 Å². The van der Waals surface area contributed by atoms with Crippen molar-refractivity contribution < 1.29 is 9.21 Å². The van der Waals surface area contributed by atoms with Gasteiger partial charge in [0, 0.05) is 19.1 Å². The molecule has 0 aromatic carbocycles. The van der Waals surface area contributed by atoms with E-state index in [1.165, 1.54) is 12.7 Å². The Hall–Kier alpha value is -0.810. The van der Waals surface area contributed by atoms with Crippen LogP contribution in [-0.2, 0) is 0 Å². The van der Waals surface area contributed by atoms with Gasteiger partial charge in [-0.1, -0.05) is 0 Å². The maximum Gasteiger partial charge on any atom is 0.258 e. The smallest absolute Gasteiger partial charge is 0.258 e. The maximum absolute atomic E-state index is 12.4. The number of piperidine rings is 1. The Morgan fingerprint density at radius 1 is 1.65 bits per heavy atom. The first-order chi connectivity index (χ1) is 8.24. The van der Waals surface area contributed by atoms with Crippen molar-refractivity contribution in [2.75, 3.05) is 20.1 Å². The first-order valence-electron chi connectivity index (χ1n) is 5.92. The van der Waals surface area contributed by atoms with Crippen LogP contribution in [0.1, 0.15) is 29.6 Å². The molecule has 2 rings (SSSR count). The zero-order chi connectivity index (χ0) is 12.3. The minimum atomic E-state index is 0.0607. The number of carbonyl (C=O) groups is 1. The monoisotopic (exact) mass is 300 g/mol. The fourth-order valence-corrected chi connectivity index (χ4v) is 2.73. The van der Waals surface area contributed by atoms with Gasteiger partial charge in [0.2, 0.25) is 0 Å². The van der Waals surface area contributed by atoms with Gasteiger partial charge in [0.05, 0.1) is 11.8 Å². The molecule has 2 heterocycles. The molecule has 1 atom stereocenters. The summed E-state index contributed by atoms with van der Waals surface area (Å²) >= 11 is 3.26. The number of nitrogens with zero attached hydrogens (tertiary/aromatic N) is 1. The van der Waals surface area contributed by atoms with E-state index in [0.29, 0.717) is 16.3 Å². The molecule has 94 valence electrons. The first kappa shape index (κ1) is 12.6. The Kier molecular flexibility index (Phi) is 4.23. The van der Waals surface area contributed by atoms with Gasteiger partial charge in [-0.3, -0.25) is 4.79 Å². The van der Waals surface area contributed by atoms with Gasteiger partial charge < -0.3 is 14.6 Å². The van der Waals surface area contributed by atoms with Gasteiger partial charge in [0.15, 0.2) is 4.67 Å². The lowest BCUT2D eigenvalue weighted by Crippen LogP contribution is -2.48. The first-order valence-corrected chi connectivity index (χ1v) is 6.72. The summed E-state index contributed by atoms with van der Waals surface area (Å²) in [6.07, 6.45) is 4.89. The number of nitrogens with one attached hydrogen (secondary N) is 1. The molecule has 1 unspecified atom stereocenters. The van der Waals surface area contributed by atoms with E-state index in [4.69, 9.17) is 4.42 Å². The topological polar surface area (TPSA) is 45.5 Å². The minimum Gasteiger partial charge on any atom is -0.457 e. The number of likely N-dealkylation sites (tertiary alicyclic amines) is 1. The zero-order valence-electron chi connectivity index (χ0n) is 9.91. The van der Waals surface area contributed by atoms with Crippen LogP contribution in [-0.4, -0.2) is 37.0 Å². The average Bonchev–Trinajstić information content (AvgIpc) is 2.76. The Balaban J connectivity index is 2.14. The molecule has 0 radical (unpaired) electrons. The molecular formula is C12H17BrN2O2. The predicted molar refractivity (Wildman–Crippen MR) is 69.0 cm³/mol. The van der Waals surface area contributed by atoms with Gasteiger partial charge in [0.25, 0.3) is 5.91 Å². The SMILES string of the molecule is CNCC1CCCCN1C(=O)c1ccoc1Br. The molecule has 4 nitrogen and oxygen atoms in total. The van der Waals surface area contributed by atoms with Crippen molar-refractivity contribution in [2.45, 2.75) is 25.3 Å². The maximum atomic E-state index is 12.4. The highest BCUT2D eigenvalue weighted by Crippen LogP contribution is 2.24. The number of furan rings is 1. The van der Waals surface area contributed by atoms with Crippen molar-refractivity contribution in [3.8, 4) is 0 Å². The van der Waals surface area contributed by atoms with Crippen molar-refractivity contribution in [1.29, 1.82) is 0 Å². The molecule has 1 N–H and O–H groups in total. The quantitative estimate of drug-likeness (QED) is 0.931. The number of hydrogen-bond acceptors (Lipinski definition) is 3. The second-order valence-electron chi connectivity index (χ2n) is 4.31. The second-order valence-corrected chi connectivity index (χ2v) is 5.03. The number of halogens is 1. The van der Waals surface area contributed by atoms with Crippen LogP contribution in [0.5, 0.6) is 0 Å². The van der Waals surface area contributed by atoms with Gasteiger partial charge >= 0.3 is 0 Å². The third-order valence-corrected chi connectivity index (χ3v) is 3.79. The van der Waals surface area contributed by atoms with Crippen molar-refractivity contribution in [3.63, 3.8) is 0 Å². The van der Waals surface area contributed by atoms with Crippen LogP contribution in [0.15, 0.2) is 21.4 Å². The molecule has 5 heteroatoms. The highest BCUT2D eigenvalue weighted by Gasteiger charge is 2.28. The third-order valence-electron chi connectivity index (χ3n) is 3.18. The molecule has 17 heavy (non-hydrogen) atoms. The highest BCUT2D eigenvalue weighted by molar-refractivity contribution is 9.10. The van der Waals surface area contributed by atoms with Crippen molar-refractivity contribution in [3.05, 3.63) is 22.6 Å². The minimum absolute atomic E-state index is 0.0607. The summed E-state index contributed by atoms with van der Waals surface area (Å²) in [6, 6.07) is 2.01. The number of amides is 1. The number of hydrogen-bond donors (Lipinski definition) is 1. The molecule has 1 aromatic heterocycles. The van der Waals surface area contributed by atoms with E-state index in [1.807, 2.05) is 11.9 Å². The number of carbonyl (C=O) groups excluding carboxylic acids is 1. The summed E-state index contributed by atoms with van der Waals surface area (Å²) in [5.74, 6) is 0.0607. The predicted octanol–water partition coefficient (Wildman–Crippen LogP) is 2.26. The average molecular weight is 301 g/mol. The van der Waals surface area contributed by atoms with Crippen LogP contribution in [0.4, 0.5) is 0 Å². The fraction of sp³-hybridized carbons (Fsp3) is 0.583. The Labute approximate surface area is 109 Å². The van der Waals surface area contributed by atoms with Crippen LogP contribution >= 0.6 is 15.9 Å². The molecule has 1 saturated heterocycles. The van der Waals surface area contributed by atoms with E-state index in [0.717, 1.165) is 25.9 Å². The number of rotatable bonds is 3. The molecule has 0 spiro atoms. The molecule has 0 aliphatic carbocycles. The summed E-state index contributed by atoms with van der Waals surface area (Å²) in [4.78, 5) is 14.3. The number of likely N-dealkylation sites (N-methyl/N-ethyl adjacent to an activating group) is 1. The largest absolute Gasteiger partial charge is 0.457 e. The van der Waals surface area contributed by atoms with Crippen LogP contribution in [0, 0.1) is 0 Å². The second kappa shape index (κ2) is 5.69. The zero-order valence-corrected chi connectivity index (χ0v) is 11.5. The molecule has 0 bridgehead atoms. The van der Waals surface area contributed by atoms with Crippen LogP contribution < -0.4 is 5.32 Å². The van der Waals surface area contributed by atoms with E-state index >= 15 is 0 Å². The Morgan fingerprint density at radius 2 is 2.47 bits per heavy atom. The van der Waals surface area contributed by atoms with Crippen molar-refractivity contribution >= 4 is 21.8 Å². The molecule has 0 saturated carbocycles. The van der Waals surface area contributed by atoms with Gasteiger partial charge in [-0.05, 0) is 48.3 Å². The van der Waals surface area contributed by atoms with E-state index in [9.17, 15) is 4.79 Å². The van der Waals surface area contributed by atoms with Crippen LogP contribution in [0.3, 0.4) is 0 Å². The van der Waals surface area contributed by atoms with Crippen molar-refractivity contribution in [2.24, 2.45) is 0 Å². The molecular weight excluding hydrogens is 284 g/mol. The van der Waals surface area contributed by atoms with Crippen molar-refractivity contribution in [1.82, 2.24) is 10.2 Å². The Morgan fingerprint density at radius 3 is 3.12 bits per heavy atom. The lowest BCUT2D eigenvalue weighted by atomic mass is 10.0. The lowest BCUT2D eigenvalue weighted by molar-refractivity contribution is 0.0613. The van der Waals surface area contributed by atoms with E-state index in [2.05, 4.69) is 21.2 Å². The third kappa shape index (κ3) is 2.72. The summed E-state index contributed by atoms with van der Waals surface area (Å²) in [5.41, 5.74) is 0.619. The van der Waals surface area contributed by atoms with Gasteiger partial charge in [-0.2, -0.15) is 0 Å². The van der Waals surface area contributed by atoms with E-state index in [1.54, 1.807) is 6.07 Å². The molecule has 1 aromatic rings. The summed E-state index contributed by atoms with van der Waals surface area (Å²) in [6.45, 7) is 1.68. The highest BCUT2D eigenvalue weighted by atomic mass is 79.9. The van der Waals surface area contributed by atoms with Gasteiger partial charge in [-0.25, -0.2) is 0 Å². The van der Waals surface area contributed by atoms with E-state index in [-0.39, 0.29) is 5.91 Å². The molecule has 1 fully saturated rings. The van der Waals surface area contributed by atoms with Crippen LogP contribution in [0.25, 0.3) is 0 Å².